The molecule has 2 aliphatic rings. The van der Waals surface area contributed by atoms with Crippen LogP contribution in [0, 0.1) is 13.8 Å². The molecule has 0 saturated carbocycles. The van der Waals surface area contributed by atoms with Gasteiger partial charge < -0.3 is 9.80 Å². The van der Waals surface area contributed by atoms with Gasteiger partial charge in [0.15, 0.2) is 0 Å². The van der Waals surface area contributed by atoms with Crippen LogP contribution < -0.4 is 0 Å². The minimum atomic E-state index is 0.0941. The van der Waals surface area contributed by atoms with E-state index in [9.17, 15) is 9.59 Å². The highest BCUT2D eigenvalue weighted by Gasteiger charge is 2.30. The van der Waals surface area contributed by atoms with E-state index in [4.69, 9.17) is 0 Å². The van der Waals surface area contributed by atoms with Gasteiger partial charge in [0.2, 0.25) is 11.8 Å². The first kappa shape index (κ1) is 17.9. The summed E-state index contributed by atoms with van der Waals surface area (Å²) < 4.78 is 2.06. The van der Waals surface area contributed by atoms with Crippen LogP contribution in [-0.2, 0) is 16.1 Å². The van der Waals surface area contributed by atoms with E-state index in [1.54, 1.807) is 6.92 Å². The zero-order valence-corrected chi connectivity index (χ0v) is 15.6. The highest BCUT2D eigenvalue weighted by Crippen LogP contribution is 2.20. The van der Waals surface area contributed by atoms with Crippen LogP contribution in [0.1, 0.15) is 31.2 Å². The Morgan fingerprint density at radius 3 is 2.40 bits per heavy atom. The number of nitrogens with zero attached hydrogens (tertiary/aromatic N) is 5. The number of aryl methyl sites for hydroxylation is 2. The van der Waals surface area contributed by atoms with E-state index in [2.05, 4.69) is 27.7 Å². The van der Waals surface area contributed by atoms with Crippen molar-refractivity contribution in [1.29, 1.82) is 0 Å². The van der Waals surface area contributed by atoms with Crippen molar-refractivity contribution >= 4 is 11.8 Å². The third kappa shape index (κ3) is 4.21. The number of carbonyl (C=O) groups excluding carboxylic acids is 2. The Balaban J connectivity index is 1.54. The maximum Gasteiger partial charge on any atom is 0.236 e. The Hall–Kier alpha value is -1.89. The molecule has 7 heteroatoms. The Bertz CT molecular complexity index is 633. The third-order valence-electron chi connectivity index (χ3n) is 5.40. The van der Waals surface area contributed by atoms with Crippen molar-refractivity contribution in [1.82, 2.24) is 24.5 Å². The molecule has 25 heavy (non-hydrogen) atoms. The molecule has 0 unspecified atom stereocenters. The lowest BCUT2D eigenvalue weighted by Gasteiger charge is -2.35. The monoisotopic (exact) mass is 347 g/mol. The molecule has 3 heterocycles. The van der Waals surface area contributed by atoms with Gasteiger partial charge in [0.1, 0.15) is 0 Å². The lowest BCUT2D eigenvalue weighted by molar-refractivity contribution is -0.139. The van der Waals surface area contributed by atoms with Crippen molar-refractivity contribution in [3.63, 3.8) is 0 Å². The molecular formula is C18H29N5O2. The fourth-order valence-electron chi connectivity index (χ4n) is 3.91. The SMILES string of the molecule is CC(=O)N1CCN(C(=O)CN2CCC[C@H]2Cn2nc(C)cc2C)CC1. The van der Waals surface area contributed by atoms with Crippen molar-refractivity contribution < 1.29 is 9.59 Å². The molecule has 0 aromatic carbocycles. The molecule has 138 valence electrons. The predicted molar refractivity (Wildman–Crippen MR) is 95.1 cm³/mol. The first-order valence-electron chi connectivity index (χ1n) is 9.22. The maximum atomic E-state index is 12.7. The van der Waals surface area contributed by atoms with Gasteiger partial charge in [0.05, 0.1) is 18.8 Å². The maximum absolute atomic E-state index is 12.7. The van der Waals surface area contributed by atoms with Gasteiger partial charge in [-0.25, -0.2) is 0 Å². The zero-order chi connectivity index (χ0) is 18.0. The Kier molecular flexibility index (Phi) is 5.42. The van der Waals surface area contributed by atoms with Crippen LogP contribution in [0.4, 0.5) is 0 Å². The molecule has 0 bridgehead atoms. The van der Waals surface area contributed by atoms with Crippen LogP contribution in [0.25, 0.3) is 0 Å². The molecule has 0 spiro atoms. The number of carbonyl (C=O) groups is 2. The van der Waals surface area contributed by atoms with Gasteiger partial charge in [0.25, 0.3) is 0 Å². The smallest absolute Gasteiger partial charge is 0.236 e. The van der Waals surface area contributed by atoms with Crippen molar-refractivity contribution in [2.45, 2.75) is 46.2 Å². The van der Waals surface area contributed by atoms with Crippen LogP contribution in [0.15, 0.2) is 6.07 Å². The summed E-state index contributed by atoms with van der Waals surface area (Å²) in [7, 11) is 0. The van der Waals surface area contributed by atoms with E-state index < -0.39 is 0 Å². The summed E-state index contributed by atoms with van der Waals surface area (Å²) in [5.74, 6) is 0.278. The third-order valence-corrected chi connectivity index (χ3v) is 5.40. The van der Waals surface area contributed by atoms with Gasteiger partial charge in [-0.15, -0.1) is 0 Å². The second-order valence-electron chi connectivity index (χ2n) is 7.26. The van der Waals surface area contributed by atoms with Crippen LogP contribution in [0.3, 0.4) is 0 Å². The number of rotatable bonds is 4. The number of amides is 2. The number of aromatic nitrogens is 2. The zero-order valence-electron chi connectivity index (χ0n) is 15.6. The molecule has 2 fully saturated rings. The van der Waals surface area contributed by atoms with Crippen molar-refractivity contribution in [2.24, 2.45) is 0 Å². The standard InChI is InChI=1S/C18H29N5O2/c1-14-11-15(2)23(19-14)12-17-5-4-6-22(17)13-18(25)21-9-7-20(8-10-21)16(3)24/h11,17H,4-10,12-13H2,1-3H3/t17-/m0/s1. The normalized spacial score (nSPS) is 21.8. The summed E-state index contributed by atoms with van der Waals surface area (Å²) in [4.78, 5) is 30.1. The molecule has 2 saturated heterocycles. The average molecular weight is 347 g/mol. The van der Waals surface area contributed by atoms with E-state index in [-0.39, 0.29) is 11.8 Å². The van der Waals surface area contributed by atoms with E-state index >= 15 is 0 Å². The first-order valence-corrected chi connectivity index (χ1v) is 9.22. The summed E-state index contributed by atoms with van der Waals surface area (Å²) in [6.45, 7) is 10.6. The summed E-state index contributed by atoms with van der Waals surface area (Å²) in [6, 6.07) is 2.47. The van der Waals surface area contributed by atoms with Crippen LogP contribution >= 0.6 is 0 Å². The van der Waals surface area contributed by atoms with Gasteiger partial charge in [-0.1, -0.05) is 0 Å². The minimum absolute atomic E-state index is 0.0941. The molecule has 1 aromatic heterocycles. The molecule has 1 aromatic rings. The fourth-order valence-corrected chi connectivity index (χ4v) is 3.91. The van der Waals surface area contributed by atoms with E-state index in [1.807, 2.05) is 16.7 Å². The molecule has 0 radical (unpaired) electrons. The van der Waals surface area contributed by atoms with Gasteiger partial charge in [-0.05, 0) is 39.3 Å². The lowest BCUT2D eigenvalue weighted by atomic mass is 10.2. The Labute approximate surface area is 149 Å². The minimum Gasteiger partial charge on any atom is -0.339 e. The summed E-state index contributed by atoms with van der Waals surface area (Å²) in [6.07, 6.45) is 2.25. The van der Waals surface area contributed by atoms with E-state index in [1.165, 1.54) is 5.69 Å². The lowest BCUT2D eigenvalue weighted by Crippen LogP contribution is -2.52. The predicted octanol–water partition coefficient (Wildman–Crippen LogP) is 0.655. The van der Waals surface area contributed by atoms with E-state index in [0.717, 1.165) is 31.6 Å². The quantitative estimate of drug-likeness (QED) is 0.803. The molecular weight excluding hydrogens is 318 g/mol. The molecule has 2 aliphatic heterocycles. The summed E-state index contributed by atoms with van der Waals surface area (Å²) in [5.41, 5.74) is 2.22. The van der Waals surface area contributed by atoms with E-state index in [0.29, 0.717) is 38.8 Å². The Morgan fingerprint density at radius 2 is 1.80 bits per heavy atom. The fraction of sp³-hybridized carbons (Fsp3) is 0.722. The number of hydrogen-bond acceptors (Lipinski definition) is 4. The number of hydrogen-bond donors (Lipinski definition) is 0. The second kappa shape index (κ2) is 7.56. The molecule has 3 rings (SSSR count). The van der Waals surface area contributed by atoms with Gasteiger partial charge in [-0.2, -0.15) is 5.10 Å². The number of likely N-dealkylation sites (tertiary alicyclic amines) is 1. The van der Waals surface area contributed by atoms with Crippen molar-refractivity contribution in [3.05, 3.63) is 17.5 Å². The average Bonchev–Trinajstić information content (AvgIpc) is 3.14. The largest absolute Gasteiger partial charge is 0.339 e. The highest BCUT2D eigenvalue weighted by atomic mass is 16.2. The number of piperazine rings is 1. The van der Waals surface area contributed by atoms with Gasteiger partial charge in [-0.3, -0.25) is 19.2 Å². The molecule has 0 aliphatic carbocycles. The van der Waals surface area contributed by atoms with Crippen LogP contribution in [0.5, 0.6) is 0 Å². The molecule has 1 atom stereocenters. The topological polar surface area (TPSA) is 61.7 Å². The van der Waals surface area contributed by atoms with Crippen LogP contribution in [0.2, 0.25) is 0 Å². The highest BCUT2D eigenvalue weighted by molar-refractivity contribution is 5.79. The van der Waals surface area contributed by atoms with Crippen molar-refractivity contribution in [3.8, 4) is 0 Å². The summed E-state index contributed by atoms with van der Waals surface area (Å²) >= 11 is 0. The molecule has 2 amide bonds. The van der Waals surface area contributed by atoms with Crippen molar-refractivity contribution in [2.75, 3.05) is 39.3 Å². The van der Waals surface area contributed by atoms with Gasteiger partial charge >= 0.3 is 0 Å². The first-order chi connectivity index (χ1) is 11.9. The Morgan fingerprint density at radius 1 is 1.12 bits per heavy atom. The second-order valence-corrected chi connectivity index (χ2v) is 7.26. The molecule has 0 N–H and O–H groups in total. The molecule has 7 nitrogen and oxygen atoms in total. The summed E-state index contributed by atoms with van der Waals surface area (Å²) in [5, 5.41) is 4.56. The van der Waals surface area contributed by atoms with Crippen LogP contribution in [-0.4, -0.2) is 81.6 Å². The van der Waals surface area contributed by atoms with Gasteiger partial charge in [0, 0.05) is 44.8 Å².